The highest BCUT2D eigenvalue weighted by Gasteiger charge is 2.26. The lowest BCUT2D eigenvalue weighted by Gasteiger charge is -2.30. The molecule has 0 aromatic carbocycles. The quantitative estimate of drug-likeness (QED) is 0.881. The zero-order chi connectivity index (χ0) is 10.7. The van der Waals surface area contributed by atoms with Gasteiger partial charge in [-0.15, -0.1) is 11.3 Å². The number of aryl methyl sites for hydroxylation is 1. The number of thiazole rings is 1. The zero-order valence-electron chi connectivity index (χ0n) is 9.03. The topological polar surface area (TPSA) is 34.1 Å². The van der Waals surface area contributed by atoms with Crippen LogP contribution in [-0.4, -0.2) is 36.5 Å². The van der Waals surface area contributed by atoms with E-state index in [4.69, 9.17) is 4.74 Å². The SMILES string of the molecule is CNC1CCOCC1Sc1nc(C)cs1. The van der Waals surface area contributed by atoms with Crippen LogP contribution in [-0.2, 0) is 4.74 Å². The van der Waals surface area contributed by atoms with Gasteiger partial charge >= 0.3 is 0 Å². The molecule has 1 aromatic rings. The average molecular weight is 244 g/mol. The van der Waals surface area contributed by atoms with E-state index in [2.05, 4.69) is 15.7 Å². The molecule has 84 valence electrons. The summed E-state index contributed by atoms with van der Waals surface area (Å²) in [5, 5.41) is 5.95. The first kappa shape index (κ1) is 11.4. The third-order valence-corrected chi connectivity index (χ3v) is 4.91. The van der Waals surface area contributed by atoms with E-state index in [9.17, 15) is 0 Å². The van der Waals surface area contributed by atoms with Gasteiger partial charge in [0.2, 0.25) is 0 Å². The van der Waals surface area contributed by atoms with Gasteiger partial charge in [-0.1, -0.05) is 11.8 Å². The molecule has 2 rings (SSSR count). The molecule has 1 saturated heterocycles. The van der Waals surface area contributed by atoms with Crippen molar-refractivity contribution in [2.45, 2.75) is 29.0 Å². The van der Waals surface area contributed by atoms with Crippen LogP contribution in [0, 0.1) is 6.92 Å². The summed E-state index contributed by atoms with van der Waals surface area (Å²) >= 11 is 3.56. The molecule has 15 heavy (non-hydrogen) atoms. The second-order valence-electron chi connectivity index (χ2n) is 3.67. The van der Waals surface area contributed by atoms with E-state index >= 15 is 0 Å². The zero-order valence-corrected chi connectivity index (χ0v) is 10.7. The van der Waals surface area contributed by atoms with Gasteiger partial charge in [-0.25, -0.2) is 4.98 Å². The number of aromatic nitrogens is 1. The molecule has 0 aliphatic carbocycles. The number of thioether (sulfide) groups is 1. The van der Waals surface area contributed by atoms with E-state index < -0.39 is 0 Å². The normalized spacial score (nSPS) is 26.8. The standard InChI is InChI=1S/C10H16N2OS2/c1-7-6-14-10(12-7)15-9-5-13-4-3-8(9)11-2/h6,8-9,11H,3-5H2,1-2H3. The number of ether oxygens (including phenoxy) is 1. The molecule has 0 amide bonds. The van der Waals surface area contributed by atoms with Gasteiger partial charge in [-0.3, -0.25) is 0 Å². The first-order valence-corrected chi connectivity index (χ1v) is 6.89. The lowest BCUT2D eigenvalue weighted by atomic mass is 10.1. The summed E-state index contributed by atoms with van der Waals surface area (Å²) in [7, 11) is 2.02. The third-order valence-electron chi connectivity index (χ3n) is 2.53. The third kappa shape index (κ3) is 2.93. The van der Waals surface area contributed by atoms with Gasteiger partial charge in [-0.2, -0.15) is 0 Å². The van der Waals surface area contributed by atoms with Gasteiger partial charge < -0.3 is 10.1 Å². The van der Waals surface area contributed by atoms with Gasteiger partial charge in [0.05, 0.1) is 11.9 Å². The average Bonchev–Trinajstić information content (AvgIpc) is 2.65. The predicted molar refractivity (Wildman–Crippen MR) is 64.8 cm³/mol. The molecule has 1 aliphatic heterocycles. The highest BCUT2D eigenvalue weighted by Crippen LogP contribution is 2.30. The maximum Gasteiger partial charge on any atom is 0.150 e. The molecular weight excluding hydrogens is 228 g/mol. The molecule has 1 aliphatic rings. The van der Waals surface area contributed by atoms with Crippen LogP contribution in [0.15, 0.2) is 9.72 Å². The van der Waals surface area contributed by atoms with Gasteiger partial charge in [0.25, 0.3) is 0 Å². The molecular formula is C10H16N2OS2. The van der Waals surface area contributed by atoms with Crippen molar-refractivity contribution in [1.29, 1.82) is 0 Å². The van der Waals surface area contributed by atoms with E-state index in [0.717, 1.165) is 29.7 Å². The van der Waals surface area contributed by atoms with Gasteiger partial charge in [-0.05, 0) is 20.4 Å². The maximum atomic E-state index is 5.51. The van der Waals surface area contributed by atoms with E-state index in [1.54, 1.807) is 11.3 Å². The summed E-state index contributed by atoms with van der Waals surface area (Å²) in [6, 6.07) is 0.549. The Morgan fingerprint density at radius 2 is 2.53 bits per heavy atom. The van der Waals surface area contributed by atoms with Crippen LogP contribution >= 0.6 is 23.1 Å². The summed E-state index contributed by atoms with van der Waals surface area (Å²) in [4.78, 5) is 4.47. The second kappa shape index (κ2) is 5.30. The van der Waals surface area contributed by atoms with E-state index in [-0.39, 0.29) is 0 Å². The minimum Gasteiger partial charge on any atom is -0.380 e. The minimum atomic E-state index is 0.495. The predicted octanol–water partition coefficient (Wildman–Crippen LogP) is 1.92. The molecule has 1 aromatic heterocycles. The fourth-order valence-corrected chi connectivity index (χ4v) is 3.99. The molecule has 1 fully saturated rings. The Hall–Kier alpha value is -0.100. The van der Waals surface area contributed by atoms with Crippen molar-refractivity contribution in [3.05, 3.63) is 11.1 Å². The molecule has 5 heteroatoms. The van der Waals surface area contributed by atoms with Crippen LogP contribution in [0.4, 0.5) is 0 Å². The lowest BCUT2D eigenvalue weighted by Crippen LogP contribution is -2.43. The lowest BCUT2D eigenvalue weighted by molar-refractivity contribution is 0.0850. The Labute approximate surface area is 98.6 Å². The summed E-state index contributed by atoms with van der Waals surface area (Å²) in [6.45, 7) is 3.74. The van der Waals surface area contributed by atoms with Gasteiger partial charge in [0.1, 0.15) is 0 Å². The minimum absolute atomic E-state index is 0.495. The number of nitrogens with one attached hydrogen (secondary N) is 1. The number of hydrogen-bond acceptors (Lipinski definition) is 5. The highest BCUT2D eigenvalue weighted by atomic mass is 32.2. The van der Waals surface area contributed by atoms with E-state index in [1.807, 2.05) is 25.7 Å². The van der Waals surface area contributed by atoms with Gasteiger partial charge in [0.15, 0.2) is 4.34 Å². The molecule has 2 heterocycles. The van der Waals surface area contributed by atoms with E-state index in [1.165, 1.54) is 0 Å². The van der Waals surface area contributed by atoms with E-state index in [0.29, 0.717) is 11.3 Å². The van der Waals surface area contributed by atoms with Crippen LogP contribution < -0.4 is 5.32 Å². The fraction of sp³-hybridized carbons (Fsp3) is 0.700. The smallest absolute Gasteiger partial charge is 0.150 e. The van der Waals surface area contributed by atoms with Gasteiger partial charge in [0, 0.05) is 23.7 Å². The van der Waals surface area contributed by atoms with Crippen molar-refractivity contribution in [3.63, 3.8) is 0 Å². The Morgan fingerprint density at radius 3 is 3.20 bits per heavy atom. The van der Waals surface area contributed by atoms with Crippen LogP contribution in [0.1, 0.15) is 12.1 Å². The Kier molecular flexibility index (Phi) is 4.02. The van der Waals surface area contributed by atoms with Crippen molar-refractivity contribution < 1.29 is 4.74 Å². The summed E-state index contributed by atoms with van der Waals surface area (Å²) in [5.74, 6) is 0. The fourth-order valence-electron chi connectivity index (χ4n) is 1.67. The molecule has 0 bridgehead atoms. The van der Waals surface area contributed by atoms with Crippen LogP contribution in [0.25, 0.3) is 0 Å². The Balaban J connectivity index is 1.97. The molecule has 0 radical (unpaired) electrons. The molecule has 3 nitrogen and oxygen atoms in total. The molecule has 0 saturated carbocycles. The molecule has 1 N–H and O–H groups in total. The molecule has 2 atom stereocenters. The molecule has 2 unspecified atom stereocenters. The number of hydrogen-bond donors (Lipinski definition) is 1. The Morgan fingerprint density at radius 1 is 1.67 bits per heavy atom. The largest absolute Gasteiger partial charge is 0.380 e. The van der Waals surface area contributed by atoms with Crippen molar-refractivity contribution in [2.75, 3.05) is 20.3 Å². The number of rotatable bonds is 3. The summed E-state index contributed by atoms with van der Waals surface area (Å²) in [6.07, 6.45) is 1.10. The maximum absolute atomic E-state index is 5.51. The molecule has 0 spiro atoms. The second-order valence-corrected chi connectivity index (χ2v) is 6.01. The van der Waals surface area contributed by atoms with Crippen molar-refractivity contribution in [1.82, 2.24) is 10.3 Å². The first-order chi connectivity index (χ1) is 7.29. The van der Waals surface area contributed by atoms with Crippen LogP contribution in [0.2, 0.25) is 0 Å². The van der Waals surface area contributed by atoms with Crippen LogP contribution in [0.3, 0.4) is 0 Å². The summed E-state index contributed by atoms with van der Waals surface area (Å²) in [5.41, 5.74) is 1.11. The first-order valence-electron chi connectivity index (χ1n) is 5.13. The highest BCUT2D eigenvalue weighted by molar-refractivity contribution is 8.01. The Bertz CT molecular complexity index is 316. The summed E-state index contributed by atoms with van der Waals surface area (Å²) < 4.78 is 6.66. The monoisotopic (exact) mass is 244 g/mol. The van der Waals surface area contributed by atoms with Crippen LogP contribution in [0.5, 0.6) is 0 Å². The number of nitrogens with zero attached hydrogens (tertiary/aromatic N) is 1. The van der Waals surface area contributed by atoms with Crippen molar-refractivity contribution in [2.24, 2.45) is 0 Å². The van der Waals surface area contributed by atoms with Crippen molar-refractivity contribution >= 4 is 23.1 Å². The van der Waals surface area contributed by atoms with Crippen molar-refractivity contribution in [3.8, 4) is 0 Å².